The lowest BCUT2D eigenvalue weighted by atomic mass is 10.2. The Morgan fingerprint density at radius 2 is 1.95 bits per heavy atom. The van der Waals surface area contributed by atoms with Crippen molar-refractivity contribution in [2.45, 2.75) is 6.54 Å². The molecule has 0 unspecified atom stereocenters. The number of halogens is 1. The van der Waals surface area contributed by atoms with Gasteiger partial charge in [0.2, 0.25) is 0 Å². The summed E-state index contributed by atoms with van der Waals surface area (Å²) in [5, 5.41) is 4.13. The molecule has 3 rings (SSSR count). The Kier molecular flexibility index (Phi) is 2.87. The summed E-state index contributed by atoms with van der Waals surface area (Å²) in [7, 11) is 1.89. The van der Waals surface area contributed by atoms with Gasteiger partial charge in [0, 0.05) is 30.6 Å². The van der Waals surface area contributed by atoms with Gasteiger partial charge in [0.05, 0.1) is 24.8 Å². The van der Waals surface area contributed by atoms with Gasteiger partial charge in [-0.25, -0.2) is 9.37 Å². The van der Waals surface area contributed by atoms with Gasteiger partial charge in [-0.05, 0) is 24.3 Å². The number of aromatic nitrogens is 4. The molecule has 4 nitrogen and oxygen atoms in total. The molecule has 19 heavy (non-hydrogen) atoms. The highest BCUT2D eigenvalue weighted by atomic mass is 19.1. The molecule has 0 bridgehead atoms. The summed E-state index contributed by atoms with van der Waals surface area (Å²) >= 11 is 0. The molecule has 3 aromatic rings. The fraction of sp³-hybridized carbons (Fsp3) is 0.143. The number of rotatable bonds is 3. The molecule has 1 aromatic carbocycles. The molecule has 2 aromatic heterocycles. The maximum atomic E-state index is 12.9. The van der Waals surface area contributed by atoms with Crippen LogP contribution in [0.1, 0.15) is 5.56 Å². The molecular weight excluding hydrogens is 243 g/mol. The van der Waals surface area contributed by atoms with E-state index in [1.54, 1.807) is 23.1 Å². The zero-order valence-corrected chi connectivity index (χ0v) is 10.5. The second-order valence-corrected chi connectivity index (χ2v) is 4.46. The molecule has 2 heterocycles. The van der Waals surface area contributed by atoms with E-state index in [9.17, 15) is 4.39 Å². The lowest BCUT2D eigenvalue weighted by Crippen LogP contribution is -1.94. The zero-order valence-electron chi connectivity index (χ0n) is 10.5. The van der Waals surface area contributed by atoms with Gasteiger partial charge in [0.15, 0.2) is 0 Å². The molecule has 0 saturated heterocycles. The average molecular weight is 256 g/mol. The highest BCUT2D eigenvalue weighted by molar-refractivity contribution is 5.57. The van der Waals surface area contributed by atoms with Crippen LogP contribution in [-0.4, -0.2) is 19.3 Å². The second kappa shape index (κ2) is 4.68. The number of nitrogens with zero attached hydrogens (tertiary/aromatic N) is 4. The molecule has 96 valence electrons. The van der Waals surface area contributed by atoms with Crippen LogP contribution >= 0.6 is 0 Å². The van der Waals surface area contributed by atoms with Gasteiger partial charge in [-0.3, -0.25) is 4.68 Å². The van der Waals surface area contributed by atoms with E-state index >= 15 is 0 Å². The van der Waals surface area contributed by atoms with Crippen LogP contribution in [0.2, 0.25) is 0 Å². The molecule has 0 spiro atoms. The molecule has 0 aliphatic heterocycles. The van der Waals surface area contributed by atoms with Crippen LogP contribution in [0.25, 0.3) is 11.3 Å². The normalized spacial score (nSPS) is 10.8. The van der Waals surface area contributed by atoms with E-state index in [4.69, 9.17) is 0 Å². The summed E-state index contributed by atoms with van der Waals surface area (Å²) in [6.45, 7) is 0.724. The number of benzene rings is 1. The summed E-state index contributed by atoms with van der Waals surface area (Å²) in [4.78, 5) is 4.33. The fourth-order valence-electron chi connectivity index (χ4n) is 1.98. The Balaban J connectivity index is 1.81. The molecule has 0 fully saturated rings. The minimum absolute atomic E-state index is 0.237. The summed E-state index contributed by atoms with van der Waals surface area (Å²) < 4.78 is 16.6. The summed E-state index contributed by atoms with van der Waals surface area (Å²) in [5.74, 6) is -0.237. The Morgan fingerprint density at radius 3 is 2.63 bits per heavy atom. The van der Waals surface area contributed by atoms with Crippen LogP contribution in [0.3, 0.4) is 0 Å². The van der Waals surface area contributed by atoms with Crippen molar-refractivity contribution in [3.8, 4) is 11.3 Å². The third-order valence-corrected chi connectivity index (χ3v) is 2.90. The molecule has 0 atom stereocenters. The minimum Gasteiger partial charge on any atom is -0.332 e. The highest BCUT2D eigenvalue weighted by Crippen LogP contribution is 2.17. The van der Waals surface area contributed by atoms with Crippen LogP contribution in [-0.2, 0) is 13.6 Å². The van der Waals surface area contributed by atoms with Crippen molar-refractivity contribution in [2.75, 3.05) is 0 Å². The number of imidazole rings is 1. The Bertz CT molecular complexity index is 682. The van der Waals surface area contributed by atoms with Gasteiger partial charge in [-0.2, -0.15) is 5.10 Å². The SMILES string of the molecule is Cn1cc(Cn2cnc(-c3ccc(F)cc3)c2)cn1. The topological polar surface area (TPSA) is 35.6 Å². The fourth-order valence-corrected chi connectivity index (χ4v) is 1.98. The van der Waals surface area contributed by atoms with Crippen molar-refractivity contribution in [1.82, 2.24) is 19.3 Å². The largest absolute Gasteiger partial charge is 0.332 e. The van der Waals surface area contributed by atoms with E-state index in [1.807, 2.05) is 30.2 Å². The standard InChI is InChI=1S/C14H13FN4/c1-18-7-11(6-17-18)8-19-9-14(16-10-19)12-2-4-13(15)5-3-12/h2-7,9-10H,8H2,1H3. The van der Waals surface area contributed by atoms with Gasteiger partial charge >= 0.3 is 0 Å². The molecule has 0 saturated carbocycles. The zero-order chi connectivity index (χ0) is 13.2. The molecule has 0 aliphatic carbocycles. The molecular formula is C14H13FN4. The van der Waals surface area contributed by atoms with Gasteiger partial charge in [0.1, 0.15) is 5.82 Å². The quantitative estimate of drug-likeness (QED) is 0.721. The van der Waals surface area contributed by atoms with Crippen molar-refractivity contribution in [1.29, 1.82) is 0 Å². The van der Waals surface area contributed by atoms with Crippen molar-refractivity contribution in [3.63, 3.8) is 0 Å². The predicted molar refractivity (Wildman–Crippen MR) is 69.9 cm³/mol. The Morgan fingerprint density at radius 1 is 1.16 bits per heavy atom. The third kappa shape index (κ3) is 2.54. The first-order valence-electron chi connectivity index (χ1n) is 5.96. The van der Waals surface area contributed by atoms with Gasteiger partial charge in [0.25, 0.3) is 0 Å². The summed E-state index contributed by atoms with van der Waals surface area (Å²) in [6, 6.07) is 6.34. The molecule has 0 N–H and O–H groups in total. The van der Waals surface area contributed by atoms with E-state index in [0.717, 1.165) is 23.4 Å². The van der Waals surface area contributed by atoms with E-state index in [1.165, 1.54) is 12.1 Å². The molecule has 0 amide bonds. The van der Waals surface area contributed by atoms with E-state index in [-0.39, 0.29) is 5.82 Å². The van der Waals surface area contributed by atoms with Gasteiger partial charge in [-0.15, -0.1) is 0 Å². The van der Waals surface area contributed by atoms with Crippen LogP contribution in [0, 0.1) is 5.82 Å². The smallest absolute Gasteiger partial charge is 0.123 e. The molecule has 0 radical (unpaired) electrons. The van der Waals surface area contributed by atoms with Crippen molar-refractivity contribution >= 4 is 0 Å². The van der Waals surface area contributed by atoms with E-state index in [0.29, 0.717) is 0 Å². The van der Waals surface area contributed by atoms with Crippen LogP contribution in [0.15, 0.2) is 49.2 Å². The first kappa shape index (κ1) is 11.6. The number of hydrogen-bond donors (Lipinski definition) is 0. The molecule has 5 heteroatoms. The summed E-state index contributed by atoms with van der Waals surface area (Å²) in [5.41, 5.74) is 2.86. The molecule has 0 aliphatic rings. The summed E-state index contributed by atoms with van der Waals surface area (Å²) in [6.07, 6.45) is 7.51. The second-order valence-electron chi connectivity index (χ2n) is 4.46. The van der Waals surface area contributed by atoms with Crippen molar-refractivity contribution < 1.29 is 4.39 Å². The number of hydrogen-bond acceptors (Lipinski definition) is 2. The average Bonchev–Trinajstić information content (AvgIpc) is 3.00. The van der Waals surface area contributed by atoms with E-state index in [2.05, 4.69) is 10.1 Å². The minimum atomic E-state index is -0.237. The van der Waals surface area contributed by atoms with E-state index < -0.39 is 0 Å². The third-order valence-electron chi connectivity index (χ3n) is 2.90. The van der Waals surface area contributed by atoms with Crippen LogP contribution < -0.4 is 0 Å². The lowest BCUT2D eigenvalue weighted by Gasteiger charge is -1.98. The first-order chi connectivity index (χ1) is 9.20. The van der Waals surface area contributed by atoms with Crippen LogP contribution in [0.4, 0.5) is 4.39 Å². The van der Waals surface area contributed by atoms with Gasteiger partial charge in [-0.1, -0.05) is 0 Å². The Hall–Kier alpha value is -2.43. The van der Waals surface area contributed by atoms with Gasteiger partial charge < -0.3 is 4.57 Å². The Labute approximate surface area is 110 Å². The predicted octanol–water partition coefficient (Wildman–Crippen LogP) is 2.47. The maximum Gasteiger partial charge on any atom is 0.123 e. The highest BCUT2D eigenvalue weighted by Gasteiger charge is 2.04. The van der Waals surface area contributed by atoms with Crippen molar-refractivity contribution in [2.24, 2.45) is 7.05 Å². The number of aryl methyl sites for hydroxylation is 1. The lowest BCUT2D eigenvalue weighted by molar-refractivity contribution is 0.628. The first-order valence-corrected chi connectivity index (χ1v) is 5.96. The monoisotopic (exact) mass is 256 g/mol. The van der Waals surface area contributed by atoms with Crippen molar-refractivity contribution in [3.05, 3.63) is 60.6 Å². The maximum absolute atomic E-state index is 12.9. The van der Waals surface area contributed by atoms with Crippen LogP contribution in [0.5, 0.6) is 0 Å².